The first-order valence-electron chi connectivity index (χ1n) is 7.84. The van der Waals surface area contributed by atoms with E-state index in [2.05, 4.69) is 4.98 Å². The zero-order valence-electron chi connectivity index (χ0n) is 14.2. The summed E-state index contributed by atoms with van der Waals surface area (Å²) in [5.41, 5.74) is 1.42. The van der Waals surface area contributed by atoms with Crippen molar-refractivity contribution in [2.24, 2.45) is 0 Å². The molecule has 0 amide bonds. The van der Waals surface area contributed by atoms with Gasteiger partial charge in [0.25, 0.3) is 0 Å². The molecule has 0 bridgehead atoms. The topological polar surface area (TPSA) is 93.8 Å². The molecule has 0 unspecified atom stereocenters. The molecule has 2 aromatic heterocycles. The van der Waals surface area contributed by atoms with Gasteiger partial charge in [-0.1, -0.05) is 0 Å². The highest BCUT2D eigenvalue weighted by Gasteiger charge is 2.19. The number of hydrogen-bond donors (Lipinski definition) is 2. The van der Waals surface area contributed by atoms with E-state index in [0.717, 1.165) is 4.57 Å². The van der Waals surface area contributed by atoms with Crippen molar-refractivity contribution >= 4 is 17.4 Å². The van der Waals surface area contributed by atoms with Gasteiger partial charge in [0.2, 0.25) is 0 Å². The first-order chi connectivity index (χ1) is 12.5. The van der Waals surface area contributed by atoms with Gasteiger partial charge in [-0.2, -0.15) is 0 Å². The van der Waals surface area contributed by atoms with Crippen LogP contribution in [0.25, 0.3) is 22.0 Å². The third-order valence-electron chi connectivity index (χ3n) is 3.65. The number of phenols is 1. The van der Waals surface area contributed by atoms with Crippen molar-refractivity contribution in [1.82, 2.24) is 9.55 Å². The zero-order valence-corrected chi connectivity index (χ0v) is 15.1. The van der Waals surface area contributed by atoms with Crippen LogP contribution in [0, 0.1) is 0 Å². The number of aromatic hydroxyl groups is 1. The predicted molar refractivity (Wildman–Crippen MR) is 98.0 cm³/mol. The van der Waals surface area contributed by atoms with Crippen molar-refractivity contribution in [3.8, 4) is 33.5 Å². The van der Waals surface area contributed by atoms with E-state index in [9.17, 15) is 15.0 Å². The molecule has 0 aliphatic carbocycles. The Bertz CT molecular complexity index is 904. The van der Waals surface area contributed by atoms with Crippen molar-refractivity contribution in [2.75, 3.05) is 13.7 Å². The molecule has 8 heteroatoms. The van der Waals surface area contributed by atoms with Crippen LogP contribution in [0.5, 0.6) is 11.5 Å². The first kappa shape index (κ1) is 18.0. The number of methoxy groups -OCH3 is 1. The Morgan fingerprint density at radius 2 is 2.08 bits per heavy atom. The second kappa shape index (κ2) is 7.59. The van der Waals surface area contributed by atoms with Crippen molar-refractivity contribution in [1.29, 1.82) is 0 Å². The zero-order chi connectivity index (χ0) is 18.7. The van der Waals surface area contributed by atoms with E-state index >= 15 is 0 Å². The summed E-state index contributed by atoms with van der Waals surface area (Å²) in [4.78, 5) is 16.0. The number of carbonyl (C=O) groups is 1. The van der Waals surface area contributed by atoms with E-state index in [1.54, 1.807) is 36.9 Å². The minimum atomic E-state index is -1.13. The third kappa shape index (κ3) is 3.71. The van der Waals surface area contributed by atoms with Gasteiger partial charge in [-0.25, -0.2) is 14.3 Å². The highest BCUT2D eigenvalue weighted by atomic mass is 32.1. The number of rotatable bonds is 6. The molecule has 7 nitrogen and oxygen atoms in total. The summed E-state index contributed by atoms with van der Waals surface area (Å²) < 4.78 is 11.9. The van der Waals surface area contributed by atoms with E-state index < -0.39 is 6.09 Å². The van der Waals surface area contributed by atoms with E-state index in [4.69, 9.17) is 9.47 Å². The predicted octanol–water partition coefficient (Wildman–Crippen LogP) is 3.92. The molecule has 0 aliphatic rings. The van der Waals surface area contributed by atoms with Gasteiger partial charge in [0.1, 0.15) is 22.6 Å². The molecule has 0 spiro atoms. The average molecular weight is 374 g/mol. The number of ether oxygens (including phenoxy) is 2. The summed E-state index contributed by atoms with van der Waals surface area (Å²) in [5, 5.41) is 22.1. The van der Waals surface area contributed by atoms with Crippen LogP contribution >= 0.6 is 11.3 Å². The smallest absolute Gasteiger partial charge is 0.416 e. The molecule has 26 heavy (non-hydrogen) atoms. The molecule has 1 atom stereocenters. The molecule has 0 saturated carbocycles. The number of phenolic OH excluding ortho intramolecular Hbond substituents is 1. The number of benzene rings is 1. The lowest BCUT2D eigenvalue weighted by molar-refractivity contribution is 0.0919. The molecule has 0 fully saturated rings. The van der Waals surface area contributed by atoms with Crippen molar-refractivity contribution in [3.05, 3.63) is 41.9 Å². The van der Waals surface area contributed by atoms with Crippen LogP contribution in [0.4, 0.5) is 4.79 Å². The van der Waals surface area contributed by atoms with Crippen LogP contribution in [0.2, 0.25) is 0 Å². The minimum absolute atomic E-state index is 0.0175. The summed E-state index contributed by atoms with van der Waals surface area (Å²) in [6.45, 7) is 2.23. The van der Waals surface area contributed by atoms with Crippen molar-refractivity contribution in [2.45, 2.75) is 13.0 Å². The maximum Gasteiger partial charge on any atom is 0.416 e. The van der Waals surface area contributed by atoms with Gasteiger partial charge in [0, 0.05) is 30.3 Å². The molecule has 3 aromatic rings. The standard InChI is InChI=1S/C18H18N2O5S/c1-11(10-24-2)25-14-8-12(7-13(21)9-14)15-3-4-16(20(15)18(22)23)17-19-5-6-26-17/h3-9,11,21H,10H2,1-2H3,(H,22,23)/t11-/m0/s1. The number of nitrogens with zero attached hydrogens (tertiary/aromatic N) is 2. The number of thiazole rings is 1. The molecule has 3 rings (SSSR count). The largest absolute Gasteiger partial charge is 0.508 e. The van der Waals surface area contributed by atoms with Gasteiger partial charge in [-0.05, 0) is 31.2 Å². The Kier molecular flexibility index (Phi) is 5.24. The molecule has 0 saturated heterocycles. The fraction of sp³-hybridized carbons (Fsp3) is 0.222. The number of hydrogen-bond acceptors (Lipinski definition) is 6. The SMILES string of the molecule is COC[C@H](C)Oc1cc(O)cc(-c2ccc(-c3nccs3)n2C(=O)O)c1. The maximum atomic E-state index is 11.8. The van der Waals surface area contributed by atoms with Gasteiger partial charge >= 0.3 is 6.09 Å². The Labute approximate surface area is 154 Å². The Morgan fingerprint density at radius 1 is 1.31 bits per heavy atom. The molecule has 0 aliphatic heterocycles. The molecule has 2 N–H and O–H groups in total. The Balaban J connectivity index is 2.04. The third-order valence-corrected chi connectivity index (χ3v) is 4.44. The highest BCUT2D eigenvalue weighted by molar-refractivity contribution is 7.13. The quantitative estimate of drug-likeness (QED) is 0.679. The first-order valence-corrected chi connectivity index (χ1v) is 8.72. The summed E-state index contributed by atoms with van der Waals surface area (Å²) in [5.74, 6) is 0.412. The minimum Gasteiger partial charge on any atom is -0.508 e. The second-order valence-electron chi connectivity index (χ2n) is 5.66. The monoisotopic (exact) mass is 374 g/mol. The fourth-order valence-electron chi connectivity index (χ4n) is 2.69. The Morgan fingerprint density at radius 3 is 2.73 bits per heavy atom. The van der Waals surface area contributed by atoms with Crippen LogP contribution in [0.1, 0.15) is 6.92 Å². The highest BCUT2D eigenvalue weighted by Crippen LogP contribution is 2.34. The van der Waals surface area contributed by atoms with Crippen LogP contribution in [-0.2, 0) is 4.74 Å². The van der Waals surface area contributed by atoms with Gasteiger partial charge in [0.15, 0.2) is 0 Å². The lowest BCUT2D eigenvalue weighted by Crippen LogP contribution is -2.18. The second-order valence-corrected chi connectivity index (χ2v) is 6.55. The molecule has 136 valence electrons. The normalized spacial score (nSPS) is 12.1. The molecular weight excluding hydrogens is 356 g/mol. The maximum absolute atomic E-state index is 11.8. The summed E-state index contributed by atoms with van der Waals surface area (Å²) in [7, 11) is 1.58. The van der Waals surface area contributed by atoms with Gasteiger partial charge < -0.3 is 19.7 Å². The number of aromatic nitrogens is 2. The van der Waals surface area contributed by atoms with E-state index in [-0.39, 0.29) is 11.9 Å². The van der Waals surface area contributed by atoms with Crippen LogP contribution in [0.3, 0.4) is 0 Å². The summed E-state index contributed by atoms with van der Waals surface area (Å²) in [6.07, 6.45) is 0.275. The lowest BCUT2D eigenvalue weighted by Gasteiger charge is -2.15. The lowest BCUT2D eigenvalue weighted by atomic mass is 10.1. The van der Waals surface area contributed by atoms with E-state index in [1.807, 2.05) is 6.92 Å². The summed E-state index contributed by atoms with van der Waals surface area (Å²) in [6, 6.07) is 8.04. The fourth-order valence-corrected chi connectivity index (χ4v) is 3.34. The molecular formula is C18H18N2O5S. The van der Waals surface area contributed by atoms with Crippen LogP contribution in [-0.4, -0.2) is 45.7 Å². The van der Waals surface area contributed by atoms with Gasteiger partial charge in [-0.3, -0.25) is 0 Å². The van der Waals surface area contributed by atoms with Crippen LogP contribution < -0.4 is 4.74 Å². The molecule has 2 heterocycles. The van der Waals surface area contributed by atoms with Crippen molar-refractivity contribution in [3.63, 3.8) is 0 Å². The van der Waals surface area contributed by atoms with Crippen molar-refractivity contribution < 1.29 is 24.5 Å². The number of carboxylic acid groups (broad SMARTS) is 1. The molecule has 1 aromatic carbocycles. The molecule has 0 radical (unpaired) electrons. The van der Waals surface area contributed by atoms with E-state index in [0.29, 0.717) is 34.3 Å². The summed E-state index contributed by atoms with van der Waals surface area (Å²) >= 11 is 1.35. The van der Waals surface area contributed by atoms with Gasteiger partial charge in [-0.15, -0.1) is 11.3 Å². The van der Waals surface area contributed by atoms with Gasteiger partial charge in [0.05, 0.1) is 18.0 Å². The van der Waals surface area contributed by atoms with Crippen LogP contribution in [0.15, 0.2) is 41.9 Å². The van der Waals surface area contributed by atoms with E-state index in [1.165, 1.54) is 23.5 Å². The average Bonchev–Trinajstić information content (AvgIpc) is 3.23. The Hall–Kier alpha value is -2.84.